The Morgan fingerprint density at radius 2 is 2.13 bits per heavy atom. The van der Waals surface area contributed by atoms with Crippen LogP contribution in [0, 0.1) is 10.1 Å². The van der Waals surface area contributed by atoms with E-state index in [1.54, 1.807) is 6.92 Å². The summed E-state index contributed by atoms with van der Waals surface area (Å²) in [6, 6.07) is 6.61. The molecule has 1 N–H and O–H groups in total. The van der Waals surface area contributed by atoms with Gasteiger partial charge in [-0.1, -0.05) is 0 Å². The number of alkyl halides is 2. The van der Waals surface area contributed by atoms with Gasteiger partial charge in [0.15, 0.2) is 11.3 Å². The monoisotopic (exact) mass is 417 g/mol. The van der Waals surface area contributed by atoms with Crippen LogP contribution in [0.3, 0.4) is 0 Å². The summed E-state index contributed by atoms with van der Waals surface area (Å²) in [5.74, 6) is -0.347. The first-order chi connectivity index (χ1) is 14.4. The number of amides is 1. The van der Waals surface area contributed by atoms with Crippen LogP contribution < -0.4 is 10.1 Å². The van der Waals surface area contributed by atoms with Gasteiger partial charge in [-0.25, -0.2) is 18.3 Å². The van der Waals surface area contributed by atoms with Crippen LogP contribution in [0.25, 0.3) is 5.65 Å². The second kappa shape index (κ2) is 7.65. The smallest absolute Gasteiger partial charge is 0.296 e. The van der Waals surface area contributed by atoms with Crippen LogP contribution in [0.5, 0.6) is 5.75 Å². The number of rotatable bonds is 7. The highest BCUT2D eigenvalue weighted by Crippen LogP contribution is 2.40. The van der Waals surface area contributed by atoms with E-state index in [0.29, 0.717) is 12.3 Å². The summed E-state index contributed by atoms with van der Waals surface area (Å²) in [7, 11) is 0. The Morgan fingerprint density at radius 3 is 2.77 bits per heavy atom. The van der Waals surface area contributed by atoms with Crippen molar-refractivity contribution >= 4 is 22.9 Å². The number of ether oxygens (including phenoxy) is 1. The first-order valence-corrected chi connectivity index (χ1v) is 9.28. The molecule has 0 atom stereocenters. The third-order valence-electron chi connectivity index (χ3n) is 4.65. The van der Waals surface area contributed by atoms with Gasteiger partial charge in [-0.15, -0.1) is 0 Å². The fourth-order valence-corrected chi connectivity index (χ4v) is 3.08. The summed E-state index contributed by atoms with van der Waals surface area (Å²) >= 11 is 0. The quantitative estimate of drug-likeness (QED) is 0.458. The fourth-order valence-electron chi connectivity index (χ4n) is 3.08. The summed E-state index contributed by atoms with van der Waals surface area (Å²) < 4.78 is 33.1. The molecule has 4 rings (SSSR count). The molecule has 1 fully saturated rings. The van der Waals surface area contributed by atoms with Crippen LogP contribution in [-0.2, 0) is 0 Å². The number of halogens is 2. The maximum Gasteiger partial charge on any atom is 0.296 e. The second-order valence-electron chi connectivity index (χ2n) is 6.80. The van der Waals surface area contributed by atoms with E-state index >= 15 is 0 Å². The van der Waals surface area contributed by atoms with E-state index in [9.17, 15) is 23.7 Å². The maximum absolute atomic E-state index is 13.5. The fraction of sp³-hybridized carbons (Fsp3) is 0.316. The van der Waals surface area contributed by atoms with Gasteiger partial charge in [0.1, 0.15) is 17.1 Å². The summed E-state index contributed by atoms with van der Waals surface area (Å²) in [6.45, 7) is 2.06. The van der Waals surface area contributed by atoms with Gasteiger partial charge in [0, 0.05) is 17.7 Å². The molecule has 0 aliphatic heterocycles. The van der Waals surface area contributed by atoms with Crippen LogP contribution >= 0.6 is 0 Å². The Bertz CT molecular complexity index is 1140. The van der Waals surface area contributed by atoms with Crippen molar-refractivity contribution < 1.29 is 23.2 Å². The summed E-state index contributed by atoms with van der Waals surface area (Å²) in [5, 5.41) is 17.7. The molecule has 0 unspecified atom stereocenters. The minimum Gasteiger partial charge on any atom is -0.494 e. The largest absolute Gasteiger partial charge is 0.494 e. The van der Waals surface area contributed by atoms with Crippen molar-refractivity contribution in [2.75, 3.05) is 11.9 Å². The molecule has 3 aromatic rings. The molecule has 1 amide bonds. The Kier molecular flexibility index (Phi) is 5.02. The van der Waals surface area contributed by atoms with E-state index in [1.165, 1.54) is 30.3 Å². The lowest BCUT2D eigenvalue weighted by Gasteiger charge is -2.07. The summed E-state index contributed by atoms with van der Waals surface area (Å²) in [5.41, 5.74) is -0.284. The molecule has 1 aliphatic rings. The Labute approximate surface area is 168 Å². The lowest BCUT2D eigenvalue weighted by atomic mass is 10.2. The minimum absolute atomic E-state index is 0.0637. The van der Waals surface area contributed by atoms with E-state index in [4.69, 9.17) is 4.74 Å². The number of nitro groups is 1. The zero-order valence-electron chi connectivity index (χ0n) is 15.8. The molecule has 0 radical (unpaired) electrons. The van der Waals surface area contributed by atoms with Gasteiger partial charge in [0.25, 0.3) is 18.0 Å². The number of carbonyl (C=O) groups is 1. The van der Waals surface area contributed by atoms with Gasteiger partial charge in [0.05, 0.1) is 17.6 Å². The number of hydrogen-bond acceptors (Lipinski definition) is 6. The van der Waals surface area contributed by atoms with Crippen molar-refractivity contribution in [2.24, 2.45) is 0 Å². The van der Waals surface area contributed by atoms with E-state index in [-0.39, 0.29) is 40.1 Å². The predicted molar refractivity (Wildman–Crippen MR) is 102 cm³/mol. The standard InChI is InChI=1S/C19H17F2N5O4/c1-2-30-11-5-6-12(15(7-11)26(28)29)23-19(27)14-9-17-22-13(10-3-4-10)8-16(18(20)21)25(17)24-14/h5-10,18H,2-4H2,1H3,(H,23,27). The predicted octanol–water partition coefficient (Wildman–Crippen LogP) is 4.10. The lowest BCUT2D eigenvalue weighted by molar-refractivity contribution is -0.384. The number of aromatic nitrogens is 3. The number of nitrogens with zero attached hydrogens (tertiary/aromatic N) is 4. The summed E-state index contributed by atoms with van der Waals surface area (Å²) in [4.78, 5) is 27.7. The van der Waals surface area contributed by atoms with Gasteiger partial charge < -0.3 is 10.1 Å². The van der Waals surface area contributed by atoms with Gasteiger partial charge in [-0.05, 0) is 38.0 Å². The number of hydrogen-bond donors (Lipinski definition) is 1. The van der Waals surface area contributed by atoms with Gasteiger partial charge in [-0.2, -0.15) is 5.10 Å². The minimum atomic E-state index is -2.80. The Morgan fingerprint density at radius 1 is 1.37 bits per heavy atom. The molecule has 9 nitrogen and oxygen atoms in total. The number of nitro benzene ring substituents is 1. The number of anilines is 1. The molecule has 0 spiro atoms. The third-order valence-corrected chi connectivity index (χ3v) is 4.65. The first kappa shape index (κ1) is 19.7. The van der Waals surface area contributed by atoms with E-state index in [0.717, 1.165) is 17.4 Å². The Hall–Kier alpha value is -3.63. The summed E-state index contributed by atoms with van der Waals surface area (Å²) in [6.07, 6.45) is -1.03. The number of fused-ring (bicyclic) bond motifs is 1. The zero-order valence-corrected chi connectivity index (χ0v) is 15.8. The zero-order chi connectivity index (χ0) is 21.4. The van der Waals surface area contributed by atoms with Crippen molar-refractivity contribution in [3.8, 4) is 5.75 Å². The second-order valence-corrected chi connectivity index (χ2v) is 6.80. The normalized spacial score (nSPS) is 13.6. The lowest BCUT2D eigenvalue weighted by Crippen LogP contribution is -2.14. The highest BCUT2D eigenvalue weighted by molar-refractivity contribution is 6.04. The van der Waals surface area contributed by atoms with E-state index in [1.807, 2.05) is 0 Å². The van der Waals surface area contributed by atoms with Crippen LogP contribution in [0.2, 0.25) is 0 Å². The van der Waals surface area contributed by atoms with E-state index in [2.05, 4.69) is 15.4 Å². The SMILES string of the molecule is CCOc1ccc(NC(=O)c2cc3nc(C4CC4)cc(C(F)F)n3n2)c([N+](=O)[O-])c1. The average molecular weight is 417 g/mol. The molecule has 0 saturated heterocycles. The molecule has 1 aliphatic carbocycles. The highest BCUT2D eigenvalue weighted by atomic mass is 19.3. The van der Waals surface area contributed by atoms with Gasteiger partial charge in [0.2, 0.25) is 0 Å². The molecule has 2 aromatic heterocycles. The van der Waals surface area contributed by atoms with Crippen molar-refractivity contribution in [2.45, 2.75) is 32.1 Å². The molecule has 30 heavy (non-hydrogen) atoms. The van der Waals surface area contributed by atoms with Crippen LogP contribution in [0.4, 0.5) is 20.2 Å². The molecule has 156 valence electrons. The van der Waals surface area contributed by atoms with Crippen LogP contribution in [0.1, 0.15) is 54.0 Å². The average Bonchev–Trinajstić information content (AvgIpc) is 3.46. The van der Waals surface area contributed by atoms with Crippen molar-refractivity contribution in [1.82, 2.24) is 14.6 Å². The molecule has 0 bridgehead atoms. The molecule has 11 heteroatoms. The van der Waals surface area contributed by atoms with Crippen molar-refractivity contribution in [3.63, 3.8) is 0 Å². The first-order valence-electron chi connectivity index (χ1n) is 9.28. The third kappa shape index (κ3) is 3.78. The highest BCUT2D eigenvalue weighted by Gasteiger charge is 2.28. The van der Waals surface area contributed by atoms with Crippen LogP contribution in [-0.4, -0.2) is 32.0 Å². The number of benzene rings is 1. The maximum atomic E-state index is 13.5. The van der Waals surface area contributed by atoms with Crippen molar-refractivity contribution in [1.29, 1.82) is 0 Å². The Balaban J connectivity index is 1.67. The molecular formula is C19H17F2N5O4. The van der Waals surface area contributed by atoms with Crippen LogP contribution in [0.15, 0.2) is 30.3 Å². The van der Waals surface area contributed by atoms with E-state index < -0.39 is 17.3 Å². The van der Waals surface area contributed by atoms with Crippen molar-refractivity contribution in [3.05, 3.63) is 57.5 Å². The van der Waals surface area contributed by atoms with Gasteiger partial charge >= 0.3 is 0 Å². The number of carbonyl (C=O) groups excluding carboxylic acids is 1. The number of nitrogens with one attached hydrogen (secondary N) is 1. The van der Waals surface area contributed by atoms with Gasteiger partial charge in [-0.3, -0.25) is 14.9 Å². The topological polar surface area (TPSA) is 112 Å². The molecule has 2 heterocycles. The molecule has 1 aromatic carbocycles. The molecular weight excluding hydrogens is 400 g/mol. The molecule has 1 saturated carbocycles.